The molecule has 0 saturated heterocycles. The van der Waals surface area contributed by atoms with Crippen LogP contribution in [0.25, 0.3) is 0 Å². The van der Waals surface area contributed by atoms with E-state index in [9.17, 15) is 0 Å². The van der Waals surface area contributed by atoms with E-state index in [1.54, 1.807) is 0 Å². The fraction of sp³-hybridized carbons (Fsp3) is 0. The van der Waals surface area contributed by atoms with E-state index in [-0.39, 0.29) is 37.7 Å². The molecule has 0 atom stereocenters. The molecule has 21 heavy (non-hydrogen) atoms. The average Bonchev–Trinajstić information content (AvgIpc) is 1.94. The summed E-state index contributed by atoms with van der Waals surface area (Å²) >= 11 is 0. The fourth-order valence-electron chi connectivity index (χ4n) is 0. The Bertz CT molecular complexity index is 207. The van der Waals surface area contributed by atoms with Crippen molar-refractivity contribution < 1.29 is 75.0 Å². The van der Waals surface area contributed by atoms with E-state index in [2.05, 4.69) is 0 Å². The summed E-state index contributed by atoms with van der Waals surface area (Å²) in [4.78, 5) is 42.8. The molecule has 124 valence electrons. The standard InChI is InChI=1S/5CH2O3.Ca.2H/c5*2-1(3)4;;;/h5*(H2,2,3,4);;;. The van der Waals surface area contributed by atoms with Crippen LogP contribution < -0.4 is 0 Å². The van der Waals surface area contributed by atoms with Crippen LogP contribution in [0.2, 0.25) is 0 Å². The van der Waals surface area contributed by atoms with E-state index in [4.69, 9.17) is 75.0 Å². The van der Waals surface area contributed by atoms with Gasteiger partial charge in [-0.15, -0.1) is 0 Å². The van der Waals surface area contributed by atoms with Crippen LogP contribution in [0.3, 0.4) is 0 Å². The Hall–Kier alpha value is -2.39. The second kappa shape index (κ2) is 30.6. The predicted molar refractivity (Wildman–Crippen MR) is 61.8 cm³/mol. The Balaban J connectivity index is -0.0000000331. The Morgan fingerprint density at radius 2 is 0.333 bits per heavy atom. The van der Waals surface area contributed by atoms with E-state index in [1.807, 2.05) is 0 Å². The molecule has 0 fully saturated rings. The molecule has 0 heterocycles. The molecule has 0 saturated carbocycles. The second-order valence-electron chi connectivity index (χ2n) is 1.41. The van der Waals surface area contributed by atoms with Crippen molar-refractivity contribution in [2.24, 2.45) is 0 Å². The van der Waals surface area contributed by atoms with Gasteiger partial charge in [-0.2, -0.15) is 0 Å². The zero-order valence-corrected chi connectivity index (χ0v) is 9.01. The Morgan fingerprint density at radius 3 is 0.333 bits per heavy atom. The third kappa shape index (κ3) is 751. The second-order valence-corrected chi connectivity index (χ2v) is 1.41. The van der Waals surface area contributed by atoms with Gasteiger partial charge in [-0.05, 0) is 0 Å². The van der Waals surface area contributed by atoms with Crippen molar-refractivity contribution in [3.8, 4) is 0 Å². The van der Waals surface area contributed by atoms with E-state index < -0.39 is 30.8 Å². The number of carbonyl (C=O) groups is 5. The summed E-state index contributed by atoms with van der Waals surface area (Å²) in [6, 6.07) is 0. The first-order valence-electron chi connectivity index (χ1n) is 3.26. The Morgan fingerprint density at radius 1 is 0.333 bits per heavy atom. The number of rotatable bonds is 0. The maximum atomic E-state index is 8.56. The van der Waals surface area contributed by atoms with Crippen LogP contribution in [0.15, 0.2) is 0 Å². The minimum absolute atomic E-state index is 0. The molecule has 0 spiro atoms. The van der Waals surface area contributed by atoms with E-state index in [0.29, 0.717) is 0 Å². The van der Waals surface area contributed by atoms with Gasteiger partial charge in [0.05, 0.1) is 0 Å². The molecule has 0 aliphatic heterocycles. The zero-order chi connectivity index (χ0) is 17.9. The van der Waals surface area contributed by atoms with Crippen LogP contribution in [0.4, 0.5) is 24.0 Å². The molecule has 0 radical (unpaired) electrons. The number of carboxylic acid groups (broad SMARTS) is 10. The molecule has 0 bridgehead atoms. The van der Waals surface area contributed by atoms with Crippen LogP contribution in [-0.4, -0.2) is 120 Å². The molecule has 0 rings (SSSR count). The van der Waals surface area contributed by atoms with Crippen molar-refractivity contribution in [3.05, 3.63) is 0 Å². The van der Waals surface area contributed by atoms with Gasteiger partial charge in [0.25, 0.3) is 0 Å². The minimum atomic E-state index is -1.83. The van der Waals surface area contributed by atoms with Crippen LogP contribution in [0.5, 0.6) is 0 Å². The quantitative estimate of drug-likeness (QED) is 0.260. The predicted octanol–water partition coefficient (Wildman–Crippen LogP) is 0.196. The van der Waals surface area contributed by atoms with Crippen LogP contribution in [0.1, 0.15) is 0 Å². The van der Waals surface area contributed by atoms with Gasteiger partial charge in [0.2, 0.25) is 0 Å². The summed E-state index contributed by atoms with van der Waals surface area (Å²) in [6.07, 6.45) is -9.17. The van der Waals surface area contributed by atoms with Gasteiger partial charge in [0.1, 0.15) is 0 Å². The fourth-order valence-corrected chi connectivity index (χ4v) is 0. The molecular formula is C5H12CaO15. The molecule has 15 nitrogen and oxygen atoms in total. The maximum absolute atomic E-state index is 8.56. The molecule has 16 heteroatoms. The van der Waals surface area contributed by atoms with Crippen molar-refractivity contribution >= 4 is 68.5 Å². The molecule has 0 aromatic heterocycles. The summed E-state index contributed by atoms with van der Waals surface area (Å²) in [5, 5.41) is 69.7. The molecule has 0 aromatic rings. The van der Waals surface area contributed by atoms with Gasteiger partial charge < -0.3 is 51.1 Å². The molecule has 0 aliphatic rings. The van der Waals surface area contributed by atoms with Crippen molar-refractivity contribution in [1.29, 1.82) is 0 Å². The van der Waals surface area contributed by atoms with Crippen molar-refractivity contribution in [2.75, 3.05) is 0 Å². The number of hydrogen-bond acceptors (Lipinski definition) is 5. The summed E-state index contributed by atoms with van der Waals surface area (Å²) in [7, 11) is 0. The van der Waals surface area contributed by atoms with E-state index in [0.717, 1.165) is 0 Å². The zero-order valence-electron chi connectivity index (χ0n) is 9.01. The SMILES string of the molecule is O=C(O)O.O=C(O)O.O=C(O)O.O=C(O)O.O=C(O)O.[CaH2]. The van der Waals surface area contributed by atoms with Gasteiger partial charge >= 0.3 is 68.5 Å². The van der Waals surface area contributed by atoms with Crippen molar-refractivity contribution in [3.63, 3.8) is 0 Å². The van der Waals surface area contributed by atoms with Crippen LogP contribution in [-0.2, 0) is 0 Å². The summed E-state index contributed by atoms with van der Waals surface area (Å²) in [5.41, 5.74) is 0. The Kier molecular flexibility index (Phi) is 52.8. The first-order valence-corrected chi connectivity index (χ1v) is 3.26. The molecule has 10 N–H and O–H groups in total. The molecule has 0 aromatic carbocycles. The van der Waals surface area contributed by atoms with Gasteiger partial charge in [0.15, 0.2) is 0 Å². The summed E-state index contributed by atoms with van der Waals surface area (Å²) < 4.78 is 0. The van der Waals surface area contributed by atoms with Gasteiger partial charge in [-0.3, -0.25) is 0 Å². The van der Waals surface area contributed by atoms with E-state index >= 15 is 0 Å². The van der Waals surface area contributed by atoms with Crippen molar-refractivity contribution in [1.82, 2.24) is 0 Å². The molecule has 0 amide bonds. The van der Waals surface area contributed by atoms with Gasteiger partial charge in [0, 0.05) is 0 Å². The van der Waals surface area contributed by atoms with Crippen LogP contribution >= 0.6 is 0 Å². The molecule has 0 aliphatic carbocycles. The summed E-state index contributed by atoms with van der Waals surface area (Å²) in [5.74, 6) is 0. The van der Waals surface area contributed by atoms with E-state index in [1.165, 1.54) is 0 Å². The van der Waals surface area contributed by atoms with Crippen molar-refractivity contribution in [2.45, 2.75) is 0 Å². The average molecular weight is 352 g/mol. The monoisotopic (exact) mass is 352 g/mol. The third-order valence-corrected chi connectivity index (χ3v) is 0. The third-order valence-electron chi connectivity index (χ3n) is 0. The first kappa shape index (κ1) is 36.3. The molecular weight excluding hydrogens is 340 g/mol. The van der Waals surface area contributed by atoms with Gasteiger partial charge in [-0.25, -0.2) is 24.0 Å². The number of hydrogen-bond donors (Lipinski definition) is 10. The first-order chi connectivity index (χ1) is 8.66. The molecule has 0 unspecified atom stereocenters. The topological polar surface area (TPSA) is 288 Å². The summed E-state index contributed by atoms with van der Waals surface area (Å²) in [6.45, 7) is 0. The van der Waals surface area contributed by atoms with Crippen LogP contribution in [0, 0.1) is 0 Å². The Labute approximate surface area is 143 Å². The van der Waals surface area contributed by atoms with Gasteiger partial charge in [-0.1, -0.05) is 0 Å². The normalized spacial score (nSPS) is 5.71.